The summed E-state index contributed by atoms with van der Waals surface area (Å²) < 4.78 is 0. The van der Waals surface area contributed by atoms with Crippen LogP contribution < -0.4 is 0 Å². The number of nitriles is 1. The number of fused-ring (bicyclic) bond motifs is 1. The molecule has 2 heteroatoms. The van der Waals surface area contributed by atoms with Gasteiger partial charge in [-0.2, -0.15) is 5.26 Å². The zero-order valence-electron chi connectivity index (χ0n) is 14.8. The van der Waals surface area contributed by atoms with Crippen LogP contribution in [0.5, 0.6) is 0 Å². The van der Waals surface area contributed by atoms with E-state index in [1.165, 1.54) is 31.2 Å². The van der Waals surface area contributed by atoms with Gasteiger partial charge < -0.3 is 0 Å². The molecule has 2 aliphatic rings. The Kier molecular flexibility index (Phi) is 6.86. The summed E-state index contributed by atoms with van der Waals surface area (Å²) in [5.74, 6) is 1.37. The molecule has 1 heterocycles. The van der Waals surface area contributed by atoms with Gasteiger partial charge in [-0.1, -0.05) is 55.3 Å². The topological polar surface area (TPSA) is 27.0 Å². The number of rotatable bonds is 2. The van der Waals surface area contributed by atoms with Crippen molar-refractivity contribution < 1.29 is 0 Å². The van der Waals surface area contributed by atoms with Gasteiger partial charge in [-0.25, -0.2) is 0 Å². The number of hydrogen-bond donors (Lipinski definition) is 0. The van der Waals surface area contributed by atoms with Gasteiger partial charge in [-0.15, -0.1) is 0 Å². The molecule has 2 nitrogen and oxygen atoms in total. The summed E-state index contributed by atoms with van der Waals surface area (Å²) in [6.45, 7) is 7.36. The van der Waals surface area contributed by atoms with Crippen LogP contribution in [0.2, 0.25) is 0 Å². The number of benzene rings is 1. The fraction of sp³-hybridized carbons (Fsp3) is 0.571. The lowest BCUT2D eigenvalue weighted by Crippen LogP contribution is -2.34. The number of nitrogens with zero attached hydrogens (tertiary/aromatic N) is 2. The molecule has 0 bridgehead atoms. The van der Waals surface area contributed by atoms with E-state index in [0.29, 0.717) is 12.0 Å². The molecule has 1 saturated heterocycles. The van der Waals surface area contributed by atoms with E-state index in [4.69, 9.17) is 0 Å². The van der Waals surface area contributed by atoms with Crippen molar-refractivity contribution in [1.82, 2.24) is 4.90 Å². The third kappa shape index (κ3) is 4.24. The summed E-state index contributed by atoms with van der Waals surface area (Å²) in [6, 6.07) is 13.7. The number of likely N-dealkylation sites (tertiary alicyclic amines) is 1. The maximum atomic E-state index is 9.58. The van der Waals surface area contributed by atoms with E-state index in [1.807, 2.05) is 26.0 Å². The van der Waals surface area contributed by atoms with Gasteiger partial charge in [-0.3, -0.25) is 4.90 Å². The predicted molar refractivity (Wildman–Crippen MR) is 96.9 cm³/mol. The van der Waals surface area contributed by atoms with E-state index in [9.17, 15) is 5.26 Å². The first-order valence-electron chi connectivity index (χ1n) is 9.00. The molecular weight excluding hydrogens is 280 g/mol. The summed E-state index contributed by atoms with van der Waals surface area (Å²) in [4.78, 5) is 2.44. The summed E-state index contributed by atoms with van der Waals surface area (Å²) in [7, 11) is 0. The van der Waals surface area contributed by atoms with Crippen LogP contribution in [0.4, 0.5) is 0 Å². The molecule has 1 aliphatic carbocycles. The molecule has 1 aromatic rings. The fourth-order valence-corrected chi connectivity index (χ4v) is 4.00. The van der Waals surface area contributed by atoms with E-state index < -0.39 is 0 Å². The van der Waals surface area contributed by atoms with Crippen LogP contribution in [0, 0.1) is 23.2 Å². The van der Waals surface area contributed by atoms with Crippen molar-refractivity contribution >= 4 is 0 Å². The third-order valence-corrected chi connectivity index (χ3v) is 5.42. The normalized spacial score (nSPS) is 28.5. The molecule has 1 aromatic carbocycles. The Morgan fingerprint density at radius 2 is 1.78 bits per heavy atom. The monoisotopic (exact) mass is 310 g/mol. The van der Waals surface area contributed by atoms with Crippen molar-refractivity contribution in [3.63, 3.8) is 0 Å². The summed E-state index contributed by atoms with van der Waals surface area (Å²) in [5, 5.41) is 9.58. The molecule has 1 saturated carbocycles. The lowest BCUT2D eigenvalue weighted by molar-refractivity contribution is 0.206. The zero-order chi connectivity index (χ0) is 16.7. The van der Waals surface area contributed by atoms with E-state index in [1.54, 1.807) is 0 Å². The van der Waals surface area contributed by atoms with Crippen LogP contribution in [0.3, 0.4) is 0 Å². The van der Waals surface area contributed by atoms with Crippen molar-refractivity contribution in [3.8, 4) is 6.07 Å². The average Bonchev–Trinajstić information content (AvgIpc) is 3.00. The molecule has 0 amide bonds. The summed E-state index contributed by atoms with van der Waals surface area (Å²) in [5.41, 5.74) is 1.33. The molecule has 4 atom stereocenters. The van der Waals surface area contributed by atoms with Gasteiger partial charge in [0.1, 0.15) is 6.04 Å². The van der Waals surface area contributed by atoms with E-state index in [2.05, 4.69) is 48.2 Å². The Hall–Kier alpha value is -1.59. The van der Waals surface area contributed by atoms with Crippen LogP contribution in [0.15, 0.2) is 42.5 Å². The van der Waals surface area contributed by atoms with Crippen LogP contribution in [0.1, 0.15) is 58.1 Å². The minimum absolute atomic E-state index is 0.125. The molecule has 124 valence electrons. The second-order valence-corrected chi connectivity index (χ2v) is 6.73. The van der Waals surface area contributed by atoms with Gasteiger partial charge in [0.25, 0.3) is 0 Å². The maximum Gasteiger partial charge on any atom is 0.101 e. The SMILES string of the molecule is C/C=C\C.CC(c1ccccc1)N1CC2CCCCC2C1C#N. The van der Waals surface area contributed by atoms with Crippen LogP contribution in [-0.2, 0) is 0 Å². The van der Waals surface area contributed by atoms with Crippen LogP contribution in [-0.4, -0.2) is 17.5 Å². The molecular formula is C21H30N2. The standard InChI is InChI=1S/C17H22N2.C4H8/c1-13(14-7-3-2-4-8-14)19-12-15-9-5-6-10-16(15)17(19)11-18;1-3-4-2/h2-4,7-8,13,15-17H,5-6,9-10,12H2,1H3;3-4H,1-2H3/b;4-3-. The lowest BCUT2D eigenvalue weighted by Gasteiger charge is -2.29. The average molecular weight is 310 g/mol. The molecule has 23 heavy (non-hydrogen) atoms. The van der Waals surface area contributed by atoms with Gasteiger partial charge in [0.2, 0.25) is 0 Å². The molecule has 3 rings (SSSR count). The van der Waals surface area contributed by atoms with E-state index >= 15 is 0 Å². The van der Waals surface area contributed by atoms with Crippen molar-refractivity contribution in [2.75, 3.05) is 6.54 Å². The van der Waals surface area contributed by atoms with E-state index in [0.717, 1.165) is 12.5 Å². The molecule has 0 aromatic heterocycles. The fourth-order valence-electron chi connectivity index (χ4n) is 4.00. The van der Waals surface area contributed by atoms with Crippen molar-refractivity contribution in [3.05, 3.63) is 48.0 Å². The minimum atomic E-state index is 0.125. The third-order valence-electron chi connectivity index (χ3n) is 5.42. The van der Waals surface area contributed by atoms with Crippen molar-refractivity contribution in [1.29, 1.82) is 5.26 Å². The first kappa shape index (κ1) is 17.8. The highest BCUT2D eigenvalue weighted by atomic mass is 15.2. The highest BCUT2D eigenvalue weighted by Crippen LogP contribution is 2.43. The van der Waals surface area contributed by atoms with Crippen molar-refractivity contribution in [2.24, 2.45) is 11.8 Å². The van der Waals surface area contributed by atoms with Gasteiger partial charge in [-0.05, 0) is 51.0 Å². The summed E-state index contributed by atoms with van der Waals surface area (Å²) >= 11 is 0. The zero-order valence-corrected chi connectivity index (χ0v) is 14.8. The highest BCUT2D eigenvalue weighted by molar-refractivity contribution is 5.20. The second-order valence-electron chi connectivity index (χ2n) is 6.73. The smallest absolute Gasteiger partial charge is 0.101 e. The second kappa shape index (κ2) is 8.89. The first-order chi connectivity index (χ1) is 11.2. The lowest BCUT2D eigenvalue weighted by atomic mass is 9.79. The number of allylic oxidation sites excluding steroid dienone is 2. The quantitative estimate of drug-likeness (QED) is 0.689. The molecule has 1 aliphatic heterocycles. The minimum Gasteiger partial charge on any atom is -0.281 e. The molecule has 0 radical (unpaired) electrons. The van der Waals surface area contributed by atoms with Crippen LogP contribution in [0.25, 0.3) is 0 Å². The molecule has 0 spiro atoms. The highest BCUT2D eigenvalue weighted by Gasteiger charge is 2.44. The molecule has 4 unspecified atom stereocenters. The Balaban J connectivity index is 0.000000433. The maximum absolute atomic E-state index is 9.58. The van der Waals surface area contributed by atoms with Gasteiger partial charge >= 0.3 is 0 Å². The largest absolute Gasteiger partial charge is 0.281 e. The first-order valence-corrected chi connectivity index (χ1v) is 9.00. The number of hydrogen-bond acceptors (Lipinski definition) is 2. The summed E-state index contributed by atoms with van der Waals surface area (Å²) in [6.07, 6.45) is 9.24. The Bertz CT molecular complexity index is 525. The Labute approximate surface area is 141 Å². The van der Waals surface area contributed by atoms with Gasteiger partial charge in [0.05, 0.1) is 6.07 Å². The van der Waals surface area contributed by atoms with Gasteiger partial charge in [0.15, 0.2) is 0 Å². The predicted octanol–water partition coefficient (Wildman–Crippen LogP) is 5.34. The molecule has 2 fully saturated rings. The van der Waals surface area contributed by atoms with Crippen molar-refractivity contribution in [2.45, 2.75) is 58.5 Å². The molecule has 0 N–H and O–H groups in total. The van der Waals surface area contributed by atoms with Crippen LogP contribution >= 0.6 is 0 Å². The Morgan fingerprint density at radius 3 is 2.39 bits per heavy atom. The Morgan fingerprint density at radius 1 is 1.13 bits per heavy atom. The van der Waals surface area contributed by atoms with Gasteiger partial charge in [0, 0.05) is 12.6 Å². The van der Waals surface area contributed by atoms with E-state index in [-0.39, 0.29) is 6.04 Å².